The second kappa shape index (κ2) is 6.90. The zero-order chi connectivity index (χ0) is 18.9. The smallest absolute Gasteiger partial charge is 0.337 e. The van der Waals surface area contributed by atoms with Crippen molar-refractivity contribution in [1.29, 1.82) is 0 Å². The number of hydrogen-bond acceptors (Lipinski definition) is 7. The number of pyridine rings is 1. The van der Waals surface area contributed by atoms with Gasteiger partial charge in [0.05, 0.1) is 5.56 Å². The van der Waals surface area contributed by atoms with Crippen LogP contribution in [0.1, 0.15) is 36.9 Å². The number of rotatable bonds is 3. The van der Waals surface area contributed by atoms with Gasteiger partial charge in [0.2, 0.25) is 5.88 Å². The number of aromatic nitrogens is 1. The molecule has 0 spiro atoms. The Morgan fingerprint density at radius 3 is 2.69 bits per heavy atom. The molecule has 2 aliphatic heterocycles. The summed E-state index contributed by atoms with van der Waals surface area (Å²) < 4.78 is 10.9. The van der Waals surface area contributed by atoms with Crippen molar-refractivity contribution in [3.05, 3.63) is 29.5 Å². The van der Waals surface area contributed by atoms with E-state index in [1.54, 1.807) is 0 Å². The predicted octanol–water partition coefficient (Wildman–Crippen LogP) is 1.16. The second-order valence-electron chi connectivity index (χ2n) is 6.74. The number of terminal acetylenes is 1. The molecule has 1 aromatic rings. The highest BCUT2D eigenvalue weighted by atomic mass is 16.6. The molecular weight excluding hydrogens is 336 g/mol. The van der Waals surface area contributed by atoms with Crippen molar-refractivity contribution in [2.24, 2.45) is 0 Å². The summed E-state index contributed by atoms with van der Waals surface area (Å²) in [5.74, 6) is 1.25. The summed E-state index contributed by atoms with van der Waals surface area (Å²) in [6.07, 6.45) is 10.6. The van der Waals surface area contributed by atoms with Gasteiger partial charge in [0.1, 0.15) is 11.4 Å². The molecule has 1 fully saturated rings. The Kier molecular flexibility index (Phi) is 4.81. The molecule has 0 amide bonds. The molecule has 0 radical (unpaired) electrons. The maximum atomic E-state index is 12.1. The van der Waals surface area contributed by atoms with Crippen molar-refractivity contribution in [3.63, 3.8) is 0 Å². The summed E-state index contributed by atoms with van der Waals surface area (Å²) >= 11 is 0. The normalized spacial score (nSPS) is 23.7. The third-order valence-electron chi connectivity index (χ3n) is 4.56. The Morgan fingerprint density at radius 2 is 2.08 bits per heavy atom. The van der Waals surface area contributed by atoms with E-state index in [4.69, 9.17) is 15.9 Å². The average molecular weight is 356 g/mol. The first-order valence-electron chi connectivity index (χ1n) is 8.34. The minimum absolute atomic E-state index is 0.0422. The SMILES string of the molecule is C#CC(C)(O)Cc1cnc2c(C3CCCN3C)c1OC(=O)/C=C/C(=O)O2. The van der Waals surface area contributed by atoms with E-state index in [0.717, 1.165) is 31.5 Å². The first kappa shape index (κ1) is 18.1. The van der Waals surface area contributed by atoms with Gasteiger partial charge < -0.3 is 14.6 Å². The van der Waals surface area contributed by atoms with Crippen LogP contribution in [0.2, 0.25) is 0 Å². The fourth-order valence-electron chi connectivity index (χ4n) is 3.25. The zero-order valence-corrected chi connectivity index (χ0v) is 14.7. The number of ether oxygens (including phenoxy) is 2. The molecule has 7 heteroatoms. The van der Waals surface area contributed by atoms with Crippen LogP contribution in [-0.4, -0.2) is 46.1 Å². The summed E-state index contributed by atoms with van der Waals surface area (Å²) in [6.45, 7) is 2.35. The topological polar surface area (TPSA) is 89.0 Å². The lowest BCUT2D eigenvalue weighted by Crippen LogP contribution is -2.26. The highest BCUT2D eigenvalue weighted by molar-refractivity contribution is 5.94. The van der Waals surface area contributed by atoms with Crippen molar-refractivity contribution in [2.45, 2.75) is 37.8 Å². The van der Waals surface area contributed by atoms with Gasteiger partial charge in [-0.05, 0) is 33.4 Å². The third-order valence-corrected chi connectivity index (χ3v) is 4.56. The maximum Gasteiger partial charge on any atom is 0.337 e. The molecular formula is C19H20N2O5. The first-order chi connectivity index (χ1) is 12.3. The monoisotopic (exact) mass is 356 g/mol. The molecule has 2 bridgehead atoms. The van der Waals surface area contributed by atoms with E-state index >= 15 is 0 Å². The highest BCUT2D eigenvalue weighted by Gasteiger charge is 2.34. The Bertz CT molecular complexity index is 822. The molecule has 7 nitrogen and oxygen atoms in total. The average Bonchev–Trinajstić information content (AvgIpc) is 3.01. The minimum atomic E-state index is -1.43. The van der Waals surface area contributed by atoms with Gasteiger partial charge in [-0.2, -0.15) is 0 Å². The van der Waals surface area contributed by atoms with Crippen LogP contribution in [0.3, 0.4) is 0 Å². The number of carbonyl (C=O) groups excluding carboxylic acids is 2. The molecule has 0 saturated carbocycles. The van der Waals surface area contributed by atoms with Gasteiger partial charge >= 0.3 is 11.9 Å². The van der Waals surface area contributed by atoms with Gasteiger partial charge in [0, 0.05) is 36.4 Å². The van der Waals surface area contributed by atoms with Crippen LogP contribution < -0.4 is 9.47 Å². The molecule has 2 unspecified atom stereocenters. The maximum absolute atomic E-state index is 12.1. The van der Waals surface area contributed by atoms with Gasteiger partial charge in [-0.1, -0.05) is 5.92 Å². The van der Waals surface area contributed by atoms with Gasteiger partial charge in [0.25, 0.3) is 0 Å². The standard InChI is InChI=1S/C19H20N2O5/c1-4-19(2,24)10-12-11-20-18-16(13-6-5-9-21(13)3)17(12)25-14(22)7-8-15(23)26-18/h1,7-8,11,13,24H,5-6,9-10H2,2-3H3/b8-7+. The van der Waals surface area contributed by atoms with Crippen LogP contribution in [0.15, 0.2) is 18.3 Å². The highest BCUT2D eigenvalue weighted by Crippen LogP contribution is 2.43. The van der Waals surface area contributed by atoms with Crippen LogP contribution in [-0.2, 0) is 16.0 Å². The van der Waals surface area contributed by atoms with E-state index in [0.29, 0.717) is 11.1 Å². The van der Waals surface area contributed by atoms with Crippen molar-refractivity contribution in [3.8, 4) is 24.0 Å². The molecule has 136 valence electrons. The number of nitrogens with zero attached hydrogens (tertiary/aromatic N) is 2. The van der Waals surface area contributed by atoms with Gasteiger partial charge in [-0.25, -0.2) is 14.6 Å². The van der Waals surface area contributed by atoms with Crippen LogP contribution in [0.4, 0.5) is 0 Å². The Hall–Kier alpha value is -2.69. The second-order valence-corrected chi connectivity index (χ2v) is 6.74. The molecule has 0 aliphatic carbocycles. The minimum Gasteiger partial charge on any atom is -0.422 e. The Labute approximate surface area is 151 Å². The van der Waals surface area contributed by atoms with E-state index in [1.165, 1.54) is 13.1 Å². The molecule has 1 N–H and O–H groups in total. The zero-order valence-electron chi connectivity index (χ0n) is 14.7. The number of esters is 2. The van der Waals surface area contributed by atoms with E-state index in [9.17, 15) is 14.7 Å². The number of fused-ring (bicyclic) bond motifs is 2. The van der Waals surface area contributed by atoms with Crippen LogP contribution >= 0.6 is 0 Å². The quantitative estimate of drug-likeness (QED) is 0.642. The van der Waals surface area contributed by atoms with Crippen molar-refractivity contribution in [2.75, 3.05) is 13.6 Å². The van der Waals surface area contributed by atoms with Crippen LogP contribution in [0.5, 0.6) is 11.6 Å². The molecule has 0 aromatic carbocycles. The molecule has 1 saturated heterocycles. The summed E-state index contributed by atoms with van der Waals surface area (Å²) in [7, 11) is 1.94. The molecule has 2 aliphatic rings. The summed E-state index contributed by atoms with van der Waals surface area (Å²) in [6, 6.07) is -0.123. The van der Waals surface area contributed by atoms with Crippen molar-refractivity contribution >= 4 is 11.9 Å². The molecule has 3 rings (SSSR count). The number of carbonyl (C=O) groups is 2. The van der Waals surface area contributed by atoms with E-state index in [-0.39, 0.29) is 24.1 Å². The van der Waals surface area contributed by atoms with Crippen LogP contribution in [0.25, 0.3) is 0 Å². The summed E-state index contributed by atoms with van der Waals surface area (Å²) in [4.78, 5) is 30.4. The summed E-state index contributed by atoms with van der Waals surface area (Å²) in [5, 5.41) is 10.3. The lowest BCUT2D eigenvalue weighted by atomic mass is 9.94. The Morgan fingerprint density at radius 1 is 1.38 bits per heavy atom. The Balaban J connectivity index is 2.19. The van der Waals surface area contributed by atoms with Crippen LogP contribution in [0, 0.1) is 12.3 Å². The molecule has 1 aromatic heterocycles. The largest absolute Gasteiger partial charge is 0.422 e. The number of likely N-dealkylation sites (tertiary alicyclic amines) is 1. The van der Waals surface area contributed by atoms with Crippen molar-refractivity contribution < 1.29 is 24.2 Å². The van der Waals surface area contributed by atoms with Gasteiger partial charge in [-0.3, -0.25) is 4.90 Å². The van der Waals surface area contributed by atoms with E-state index < -0.39 is 17.5 Å². The van der Waals surface area contributed by atoms with E-state index in [1.807, 2.05) is 7.05 Å². The van der Waals surface area contributed by atoms with Gasteiger partial charge in [-0.15, -0.1) is 6.42 Å². The number of aliphatic hydroxyl groups is 1. The molecule has 3 heterocycles. The summed E-state index contributed by atoms with van der Waals surface area (Å²) in [5.41, 5.74) is -0.428. The molecule has 2 atom stereocenters. The predicted molar refractivity (Wildman–Crippen MR) is 92.4 cm³/mol. The van der Waals surface area contributed by atoms with E-state index in [2.05, 4.69) is 15.8 Å². The van der Waals surface area contributed by atoms with Crippen molar-refractivity contribution in [1.82, 2.24) is 9.88 Å². The fraction of sp³-hybridized carbons (Fsp3) is 0.421. The fourth-order valence-corrected chi connectivity index (χ4v) is 3.25. The molecule has 26 heavy (non-hydrogen) atoms. The third kappa shape index (κ3) is 3.62. The number of hydrogen-bond donors (Lipinski definition) is 1. The van der Waals surface area contributed by atoms with Gasteiger partial charge in [0.15, 0.2) is 0 Å². The first-order valence-corrected chi connectivity index (χ1v) is 8.34. The lowest BCUT2D eigenvalue weighted by molar-refractivity contribution is -0.131. The lowest BCUT2D eigenvalue weighted by Gasteiger charge is -2.26.